The number of hydrazone groups is 1. The number of fused-ring (bicyclic) bond motifs is 1. The Morgan fingerprint density at radius 1 is 1.26 bits per heavy atom. The van der Waals surface area contributed by atoms with Crippen LogP contribution in [-0.4, -0.2) is 48.8 Å². The van der Waals surface area contributed by atoms with Crippen LogP contribution in [0.5, 0.6) is 5.75 Å². The quantitative estimate of drug-likeness (QED) is 0.369. The number of aryl methyl sites for hydroxylation is 1. The van der Waals surface area contributed by atoms with Gasteiger partial charge in [0.1, 0.15) is 11.3 Å². The van der Waals surface area contributed by atoms with Gasteiger partial charge in [0, 0.05) is 19.0 Å². The van der Waals surface area contributed by atoms with Crippen LogP contribution in [0.4, 0.5) is 0 Å². The largest absolute Gasteiger partial charge is 0.506 e. The number of para-hydroxylation sites is 1. The fourth-order valence-corrected chi connectivity index (χ4v) is 3.16. The molecule has 0 bridgehead atoms. The van der Waals surface area contributed by atoms with E-state index >= 15 is 0 Å². The predicted octanol–water partition coefficient (Wildman–Crippen LogP) is 1.11. The Labute approximate surface area is 159 Å². The van der Waals surface area contributed by atoms with Gasteiger partial charge in [-0.3, -0.25) is 19.3 Å². The molecule has 1 aliphatic heterocycles. The predicted molar refractivity (Wildman–Crippen MR) is 104 cm³/mol. The molecule has 1 aromatic carbocycles. The van der Waals surface area contributed by atoms with Crippen LogP contribution >= 0.6 is 12.2 Å². The Hall–Kier alpha value is -3.33. The highest BCUT2D eigenvalue weighted by atomic mass is 32.1. The number of pyridine rings is 1. The number of rotatable bonds is 4. The normalized spacial score (nSPS) is 15.2. The molecule has 8 nitrogen and oxygen atoms in total. The Bertz CT molecular complexity index is 1100. The van der Waals surface area contributed by atoms with Crippen molar-refractivity contribution in [2.24, 2.45) is 12.1 Å². The minimum Gasteiger partial charge on any atom is -0.506 e. The van der Waals surface area contributed by atoms with Crippen molar-refractivity contribution >= 4 is 45.8 Å². The number of benzene rings is 1. The van der Waals surface area contributed by atoms with Crippen molar-refractivity contribution in [3.63, 3.8) is 0 Å². The standard InChI is InChI=1S/C18H16N4O4S/c1-4-9-21-16(25)17(26)22(18(21)27)19-10(2)13-14(23)11-7-5-6-8-12(11)20(3)15(13)24/h4-8,23H,1,9H2,2-3H3. The van der Waals surface area contributed by atoms with Crippen LogP contribution in [0.2, 0.25) is 0 Å². The molecule has 2 heterocycles. The van der Waals surface area contributed by atoms with E-state index in [1.165, 1.54) is 17.6 Å². The molecule has 2 amide bonds. The molecule has 0 aliphatic carbocycles. The highest BCUT2D eigenvalue weighted by molar-refractivity contribution is 7.80. The number of hydrogen-bond acceptors (Lipinski definition) is 6. The van der Waals surface area contributed by atoms with E-state index in [1.54, 1.807) is 31.3 Å². The summed E-state index contributed by atoms with van der Waals surface area (Å²) in [5, 5.41) is 15.8. The second-order valence-electron chi connectivity index (χ2n) is 5.89. The second-order valence-corrected chi connectivity index (χ2v) is 6.26. The molecule has 0 atom stereocenters. The van der Waals surface area contributed by atoms with Crippen LogP contribution < -0.4 is 5.56 Å². The first-order chi connectivity index (χ1) is 12.8. The molecular weight excluding hydrogens is 368 g/mol. The maximum atomic E-state index is 12.7. The zero-order chi connectivity index (χ0) is 19.9. The lowest BCUT2D eigenvalue weighted by Crippen LogP contribution is -2.32. The Morgan fingerprint density at radius 2 is 1.93 bits per heavy atom. The lowest BCUT2D eigenvalue weighted by Gasteiger charge is -2.15. The smallest absolute Gasteiger partial charge is 0.339 e. The first-order valence-corrected chi connectivity index (χ1v) is 8.37. The average Bonchev–Trinajstić information content (AvgIpc) is 2.85. The summed E-state index contributed by atoms with van der Waals surface area (Å²) in [7, 11) is 1.57. The number of aromatic hydroxyl groups is 1. The zero-order valence-corrected chi connectivity index (χ0v) is 15.5. The fraction of sp³-hybridized carbons (Fsp3) is 0.167. The van der Waals surface area contributed by atoms with E-state index in [9.17, 15) is 19.5 Å². The van der Waals surface area contributed by atoms with Crippen LogP contribution in [0.15, 0.2) is 46.8 Å². The molecule has 0 spiro atoms. The van der Waals surface area contributed by atoms with Crippen molar-refractivity contribution in [1.29, 1.82) is 0 Å². The van der Waals surface area contributed by atoms with E-state index in [1.807, 2.05) is 0 Å². The maximum Gasteiger partial charge on any atom is 0.339 e. The van der Waals surface area contributed by atoms with Gasteiger partial charge in [0.15, 0.2) is 0 Å². The molecule has 138 valence electrons. The number of nitrogens with zero attached hydrogens (tertiary/aromatic N) is 4. The molecule has 9 heteroatoms. The van der Waals surface area contributed by atoms with Gasteiger partial charge >= 0.3 is 11.8 Å². The number of aromatic nitrogens is 1. The van der Waals surface area contributed by atoms with Gasteiger partial charge < -0.3 is 9.67 Å². The van der Waals surface area contributed by atoms with Crippen molar-refractivity contribution in [3.8, 4) is 5.75 Å². The first-order valence-electron chi connectivity index (χ1n) is 7.96. The van der Waals surface area contributed by atoms with Gasteiger partial charge in [0.2, 0.25) is 5.11 Å². The number of carbonyl (C=O) groups excluding carboxylic acids is 2. The van der Waals surface area contributed by atoms with Crippen LogP contribution in [-0.2, 0) is 16.6 Å². The molecule has 1 N–H and O–H groups in total. The monoisotopic (exact) mass is 384 g/mol. The Morgan fingerprint density at radius 3 is 2.59 bits per heavy atom. The Balaban J connectivity index is 2.14. The van der Waals surface area contributed by atoms with Crippen molar-refractivity contribution < 1.29 is 14.7 Å². The number of amides is 2. The molecular formula is C18H16N4O4S. The van der Waals surface area contributed by atoms with Crippen LogP contribution in [0.25, 0.3) is 10.9 Å². The Kier molecular flexibility index (Phi) is 4.63. The van der Waals surface area contributed by atoms with E-state index < -0.39 is 17.4 Å². The molecule has 0 radical (unpaired) electrons. The summed E-state index contributed by atoms with van der Waals surface area (Å²) in [6.07, 6.45) is 1.43. The van der Waals surface area contributed by atoms with E-state index in [-0.39, 0.29) is 28.7 Å². The maximum absolute atomic E-state index is 12.7. The first kappa shape index (κ1) is 18.5. The highest BCUT2D eigenvalue weighted by Gasteiger charge is 2.41. The van der Waals surface area contributed by atoms with Gasteiger partial charge in [0.05, 0.1) is 11.2 Å². The van der Waals surface area contributed by atoms with E-state index in [2.05, 4.69) is 11.7 Å². The summed E-state index contributed by atoms with van der Waals surface area (Å²) >= 11 is 5.13. The topological polar surface area (TPSA) is 95.2 Å². The third kappa shape index (κ3) is 2.81. The molecule has 1 saturated heterocycles. The highest BCUT2D eigenvalue weighted by Crippen LogP contribution is 2.26. The van der Waals surface area contributed by atoms with Gasteiger partial charge in [-0.05, 0) is 31.3 Å². The lowest BCUT2D eigenvalue weighted by atomic mass is 10.1. The van der Waals surface area contributed by atoms with Gasteiger partial charge in [-0.15, -0.1) is 6.58 Å². The fourth-order valence-electron chi connectivity index (χ4n) is 2.88. The summed E-state index contributed by atoms with van der Waals surface area (Å²) in [5.74, 6) is -2.01. The average molecular weight is 384 g/mol. The van der Waals surface area contributed by atoms with Gasteiger partial charge in [-0.1, -0.05) is 18.2 Å². The summed E-state index contributed by atoms with van der Waals surface area (Å²) < 4.78 is 1.38. The lowest BCUT2D eigenvalue weighted by molar-refractivity contribution is -0.143. The van der Waals surface area contributed by atoms with Crippen LogP contribution in [0, 0.1) is 0 Å². The third-order valence-electron chi connectivity index (χ3n) is 4.23. The van der Waals surface area contributed by atoms with Crippen LogP contribution in [0.1, 0.15) is 12.5 Å². The molecule has 1 aliphatic rings. The molecule has 2 aromatic rings. The van der Waals surface area contributed by atoms with E-state index in [0.717, 1.165) is 9.91 Å². The molecule has 1 fully saturated rings. The van der Waals surface area contributed by atoms with Crippen LogP contribution in [0.3, 0.4) is 0 Å². The summed E-state index contributed by atoms with van der Waals surface area (Å²) in [6, 6.07) is 6.86. The van der Waals surface area contributed by atoms with E-state index in [4.69, 9.17) is 12.2 Å². The third-order valence-corrected chi connectivity index (χ3v) is 4.63. The number of hydrogen-bond donors (Lipinski definition) is 1. The SMILES string of the molecule is C=CCN1C(=O)C(=O)N(N=C(C)c2c(O)c3ccccc3n(C)c2=O)C1=S. The van der Waals surface area contributed by atoms with Gasteiger partial charge in [-0.2, -0.15) is 10.1 Å². The summed E-state index contributed by atoms with van der Waals surface area (Å²) in [6.45, 7) is 5.04. The minimum atomic E-state index is -0.932. The molecule has 0 saturated carbocycles. The molecule has 27 heavy (non-hydrogen) atoms. The molecule has 1 aromatic heterocycles. The van der Waals surface area contributed by atoms with Gasteiger partial charge in [0.25, 0.3) is 5.56 Å². The number of thiocarbonyl (C=S) groups is 1. The molecule has 0 unspecified atom stereocenters. The zero-order valence-electron chi connectivity index (χ0n) is 14.7. The summed E-state index contributed by atoms with van der Waals surface area (Å²) in [4.78, 5) is 38.0. The second kappa shape index (κ2) is 6.76. The van der Waals surface area contributed by atoms with E-state index in [0.29, 0.717) is 10.9 Å². The van der Waals surface area contributed by atoms with Crippen molar-refractivity contribution in [2.45, 2.75) is 6.92 Å². The minimum absolute atomic E-state index is 0.0582. The van der Waals surface area contributed by atoms with Gasteiger partial charge in [-0.25, -0.2) is 0 Å². The summed E-state index contributed by atoms with van der Waals surface area (Å²) in [5.41, 5.74) is 0.0557. The number of carbonyl (C=O) groups is 2. The van der Waals surface area contributed by atoms with Crippen molar-refractivity contribution in [1.82, 2.24) is 14.5 Å². The van der Waals surface area contributed by atoms with Crippen molar-refractivity contribution in [2.75, 3.05) is 6.54 Å². The van der Waals surface area contributed by atoms with Crippen molar-refractivity contribution in [3.05, 3.63) is 52.8 Å². The molecule has 3 rings (SSSR count).